The number of ether oxygens (including phenoxy) is 2. The summed E-state index contributed by atoms with van der Waals surface area (Å²) >= 11 is 0. The first-order chi connectivity index (χ1) is 12.6. The van der Waals surface area contributed by atoms with Crippen LogP contribution >= 0.6 is 0 Å². The van der Waals surface area contributed by atoms with E-state index in [1.807, 2.05) is 0 Å². The molecule has 0 unspecified atom stereocenters. The molecule has 0 bridgehead atoms. The van der Waals surface area contributed by atoms with Gasteiger partial charge in [-0.3, -0.25) is 9.36 Å². The van der Waals surface area contributed by atoms with Gasteiger partial charge in [0.2, 0.25) is 0 Å². The van der Waals surface area contributed by atoms with Crippen LogP contribution in [-0.2, 0) is 6.54 Å². The highest BCUT2D eigenvalue weighted by atomic mass is 19.4. The number of imidazole rings is 1. The van der Waals surface area contributed by atoms with Gasteiger partial charge in [-0.25, -0.2) is 0 Å². The number of hydrogen-bond acceptors (Lipinski definition) is 6. The number of aromatic nitrogens is 2. The number of amides is 1. The molecule has 2 heterocycles. The molecule has 2 aromatic rings. The standard InChI is InChI=1S/C15H13F3N4O5/c1-20(10-6-21-7-12(22(24)25)19-14(21)26-8-10)13(23)9-2-4-11(5-3-9)27-15(16,17)18/h2-5,7,10H,6,8H2,1H3/t10-/m0/s1. The fraction of sp³-hybridized carbons (Fsp3) is 0.333. The van der Waals surface area contributed by atoms with E-state index in [0.29, 0.717) is 0 Å². The van der Waals surface area contributed by atoms with Crippen molar-refractivity contribution in [2.75, 3.05) is 13.7 Å². The van der Waals surface area contributed by atoms with Crippen LogP contribution in [-0.4, -0.2) is 51.3 Å². The monoisotopic (exact) mass is 386 g/mol. The van der Waals surface area contributed by atoms with E-state index in [-0.39, 0.29) is 30.5 Å². The van der Waals surface area contributed by atoms with Crippen LogP contribution in [0.3, 0.4) is 0 Å². The van der Waals surface area contributed by atoms with E-state index < -0.39 is 29.0 Å². The molecule has 9 nitrogen and oxygen atoms in total. The van der Waals surface area contributed by atoms with Crippen LogP contribution in [0, 0.1) is 10.1 Å². The van der Waals surface area contributed by atoms with Crippen LogP contribution < -0.4 is 9.47 Å². The number of nitrogens with zero attached hydrogens (tertiary/aromatic N) is 4. The summed E-state index contributed by atoms with van der Waals surface area (Å²) in [6.07, 6.45) is -3.60. The van der Waals surface area contributed by atoms with Gasteiger partial charge in [0.15, 0.2) is 0 Å². The highest BCUT2D eigenvalue weighted by Gasteiger charge is 2.33. The smallest absolute Gasteiger partial charge is 0.444 e. The summed E-state index contributed by atoms with van der Waals surface area (Å²) in [5.41, 5.74) is 0.162. The van der Waals surface area contributed by atoms with E-state index >= 15 is 0 Å². The number of hydrogen-bond donors (Lipinski definition) is 0. The molecule has 1 aromatic carbocycles. The molecule has 12 heteroatoms. The Morgan fingerprint density at radius 2 is 2.07 bits per heavy atom. The van der Waals surface area contributed by atoms with Crippen molar-refractivity contribution in [2.45, 2.75) is 18.9 Å². The zero-order valence-electron chi connectivity index (χ0n) is 13.8. The summed E-state index contributed by atoms with van der Waals surface area (Å²) in [7, 11) is 1.51. The van der Waals surface area contributed by atoms with Crippen LogP contribution in [0.2, 0.25) is 0 Å². The van der Waals surface area contributed by atoms with Crippen molar-refractivity contribution in [3.05, 3.63) is 46.1 Å². The number of benzene rings is 1. The first-order valence-electron chi connectivity index (χ1n) is 7.61. The van der Waals surface area contributed by atoms with Crippen LogP contribution in [0.15, 0.2) is 30.5 Å². The number of fused-ring (bicyclic) bond motifs is 1. The SMILES string of the molecule is CN(C(=O)c1ccc(OC(F)(F)F)cc1)[C@@H]1COc2nc([N+](=O)[O-])cn2C1. The van der Waals surface area contributed by atoms with E-state index in [2.05, 4.69) is 9.72 Å². The average Bonchev–Trinajstić information content (AvgIpc) is 3.03. The Kier molecular flexibility index (Phi) is 4.64. The quantitative estimate of drug-likeness (QED) is 0.590. The normalized spacial score (nSPS) is 16.2. The van der Waals surface area contributed by atoms with E-state index in [0.717, 1.165) is 12.1 Å². The lowest BCUT2D eigenvalue weighted by molar-refractivity contribution is -0.389. The molecule has 144 valence electrons. The Morgan fingerprint density at radius 3 is 2.67 bits per heavy atom. The van der Waals surface area contributed by atoms with E-state index in [9.17, 15) is 28.1 Å². The van der Waals surface area contributed by atoms with E-state index in [1.54, 1.807) is 0 Å². The molecule has 0 radical (unpaired) electrons. The maximum atomic E-state index is 12.5. The Morgan fingerprint density at radius 1 is 1.41 bits per heavy atom. The maximum Gasteiger partial charge on any atom is 0.573 e. The largest absolute Gasteiger partial charge is 0.573 e. The van der Waals surface area contributed by atoms with Gasteiger partial charge in [-0.15, -0.1) is 13.2 Å². The van der Waals surface area contributed by atoms with Gasteiger partial charge in [-0.2, -0.15) is 0 Å². The minimum absolute atomic E-state index is 0.0751. The molecule has 1 atom stereocenters. The average molecular weight is 386 g/mol. The zero-order valence-corrected chi connectivity index (χ0v) is 13.8. The maximum absolute atomic E-state index is 12.5. The minimum atomic E-state index is -4.81. The number of halogens is 3. The van der Waals surface area contributed by atoms with Crippen LogP contribution in [0.25, 0.3) is 0 Å². The summed E-state index contributed by atoms with van der Waals surface area (Å²) in [6, 6.07) is 4.18. The molecule has 1 aliphatic rings. The van der Waals surface area contributed by atoms with Gasteiger partial charge >= 0.3 is 18.2 Å². The van der Waals surface area contributed by atoms with Crippen LogP contribution in [0.4, 0.5) is 19.0 Å². The van der Waals surface area contributed by atoms with Crippen molar-refractivity contribution in [3.8, 4) is 11.8 Å². The number of nitro groups is 1. The lowest BCUT2D eigenvalue weighted by Crippen LogP contribution is -2.45. The molecule has 0 aliphatic carbocycles. The summed E-state index contributed by atoms with van der Waals surface area (Å²) in [4.78, 5) is 27.7. The van der Waals surface area contributed by atoms with Crippen molar-refractivity contribution in [1.29, 1.82) is 0 Å². The van der Waals surface area contributed by atoms with Crippen LogP contribution in [0.5, 0.6) is 11.8 Å². The Hall–Kier alpha value is -3.31. The molecule has 0 fully saturated rings. The molecule has 0 saturated carbocycles. The summed E-state index contributed by atoms with van der Waals surface area (Å²) in [6.45, 7) is 0.305. The summed E-state index contributed by atoms with van der Waals surface area (Å²) in [5, 5.41) is 10.8. The first kappa shape index (κ1) is 18.5. The lowest BCUT2D eigenvalue weighted by atomic mass is 10.1. The topological polar surface area (TPSA) is 99.7 Å². The molecule has 1 amide bonds. The molecular weight excluding hydrogens is 373 g/mol. The third-order valence-corrected chi connectivity index (χ3v) is 3.93. The summed E-state index contributed by atoms with van der Waals surface area (Å²) in [5.74, 6) is -1.24. The third kappa shape index (κ3) is 4.10. The summed E-state index contributed by atoms with van der Waals surface area (Å²) < 4.78 is 47.1. The third-order valence-electron chi connectivity index (χ3n) is 3.93. The fourth-order valence-electron chi connectivity index (χ4n) is 2.57. The van der Waals surface area contributed by atoms with Crippen molar-refractivity contribution < 1.29 is 32.4 Å². The lowest BCUT2D eigenvalue weighted by Gasteiger charge is -2.30. The number of rotatable bonds is 4. The number of carbonyl (C=O) groups is 1. The number of alkyl halides is 3. The molecule has 0 N–H and O–H groups in total. The number of carbonyl (C=O) groups excluding carboxylic acids is 1. The first-order valence-corrected chi connectivity index (χ1v) is 7.61. The second-order valence-corrected chi connectivity index (χ2v) is 5.74. The fourth-order valence-corrected chi connectivity index (χ4v) is 2.57. The van der Waals surface area contributed by atoms with Gasteiger partial charge in [0.25, 0.3) is 5.91 Å². The highest BCUT2D eigenvalue weighted by molar-refractivity contribution is 5.94. The van der Waals surface area contributed by atoms with E-state index in [4.69, 9.17) is 4.74 Å². The van der Waals surface area contributed by atoms with Gasteiger partial charge in [0.1, 0.15) is 18.6 Å². The molecule has 27 heavy (non-hydrogen) atoms. The van der Waals surface area contributed by atoms with Crippen LogP contribution in [0.1, 0.15) is 10.4 Å². The predicted octanol–water partition coefficient (Wildman–Crippen LogP) is 2.22. The second kappa shape index (κ2) is 6.78. The minimum Gasteiger partial charge on any atom is -0.444 e. The Bertz CT molecular complexity index is 865. The van der Waals surface area contributed by atoms with Crippen molar-refractivity contribution >= 4 is 11.7 Å². The predicted molar refractivity (Wildman–Crippen MR) is 83.4 cm³/mol. The Balaban J connectivity index is 1.69. The van der Waals surface area contributed by atoms with Gasteiger partial charge in [-0.05, 0) is 29.2 Å². The molecule has 1 aromatic heterocycles. The van der Waals surface area contributed by atoms with E-state index in [1.165, 1.54) is 34.8 Å². The molecular formula is C15H13F3N4O5. The highest BCUT2D eigenvalue weighted by Crippen LogP contribution is 2.25. The van der Waals surface area contributed by atoms with Crippen molar-refractivity contribution in [2.24, 2.45) is 0 Å². The van der Waals surface area contributed by atoms with Gasteiger partial charge in [0, 0.05) is 17.6 Å². The molecule has 3 rings (SSSR count). The molecule has 0 spiro atoms. The Labute approximate surface area is 150 Å². The van der Waals surface area contributed by atoms with Gasteiger partial charge in [-0.1, -0.05) is 0 Å². The zero-order chi connectivity index (χ0) is 19.8. The second-order valence-electron chi connectivity index (χ2n) is 5.74. The van der Waals surface area contributed by atoms with Crippen molar-refractivity contribution in [3.63, 3.8) is 0 Å². The number of likely N-dealkylation sites (N-methyl/N-ethyl adjacent to an activating group) is 1. The molecule has 0 saturated heterocycles. The van der Waals surface area contributed by atoms with Gasteiger partial charge in [0.05, 0.1) is 12.6 Å². The van der Waals surface area contributed by atoms with Gasteiger partial charge < -0.3 is 24.5 Å². The molecule has 1 aliphatic heterocycles. The van der Waals surface area contributed by atoms with Crippen molar-refractivity contribution in [1.82, 2.24) is 14.5 Å².